The Morgan fingerprint density at radius 2 is 1.94 bits per heavy atom. The van der Waals surface area contributed by atoms with Crippen LogP contribution < -0.4 is 0 Å². The third-order valence-corrected chi connectivity index (χ3v) is 3.55. The summed E-state index contributed by atoms with van der Waals surface area (Å²) < 4.78 is 0.991. The minimum Gasteiger partial charge on any atom is -0.341 e. The highest BCUT2D eigenvalue weighted by Crippen LogP contribution is 2.16. The summed E-state index contributed by atoms with van der Waals surface area (Å²) in [5.41, 5.74) is 1.84. The van der Waals surface area contributed by atoms with E-state index in [-0.39, 0.29) is 0 Å². The fraction of sp³-hybridized carbons (Fsp3) is 0.571. The van der Waals surface area contributed by atoms with Crippen molar-refractivity contribution < 1.29 is 0 Å². The largest absolute Gasteiger partial charge is 0.341 e. The summed E-state index contributed by atoms with van der Waals surface area (Å²) >= 11 is 3.42. The number of nitrogens with zero attached hydrogens (tertiary/aromatic N) is 2. The smallest absolute Gasteiger partial charge is 0.177 e. The lowest BCUT2D eigenvalue weighted by molar-refractivity contribution is 0.602. The number of imidazole rings is 1. The van der Waals surface area contributed by atoms with E-state index in [0.717, 1.165) is 27.9 Å². The molecule has 0 amide bonds. The highest BCUT2D eigenvalue weighted by atomic mass is 79.9. The number of aromatic amines is 1. The number of H-pyrrole nitrogens is 1. The Morgan fingerprint density at radius 1 is 1.17 bits per heavy atom. The fourth-order valence-corrected chi connectivity index (χ4v) is 2.45. The van der Waals surface area contributed by atoms with Crippen LogP contribution in [0, 0.1) is 0 Å². The first-order chi connectivity index (χ1) is 8.79. The molecule has 1 N–H and O–H groups in total. The average Bonchev–Trinajstić information content (AvgIpc) is 2.75. The number of unbranched alkanes of at least 4 members (excludes halogenated alkanes) is 5. The molecule has 0 unspecified atom stereocenters. The molecule has 0 aromatic carbocycles. The van der Waals surface area contributed by atoms with Gasteiger partial charge in [0.15, 0.2) is 5.65 Å². The molecule has 0 aliphatic rings. The SMILES string of the molecule is CCCCCCCCc1nc2ncc(Br)cc2[nH]1. The molecule has 0 atom stereocenters. The Bertz CT molecular complexity index is 493. The number of pyridine rings is 1. The van der Waals surface area contributed by atoms with Crippen molar-refractivity contribution in [1.82, 2.24) is 15.0 Å². The molecule has 0 saturated heterocycles. The number of nitrogens with one attached hydrogen (secondary N) is 1. The summed E-state index contributed by atoms with van der Waals surface area (Å²) in [5, 5.41) is 0. The molecule has 0 aliphatic carbocycles. The van der Waals surface area contributed by atoms with Crippen LogP contribution in [0.3, 0.4) is 0 Å². The van der Waals surface area contributed by atoms with Gasteiger partial charge in [0.05, 0.1) is 5.52 Å². The van der Waals surface area contributed by atoms with E-state index in [9.17, 15) is 0 Å². The first kappa shape index (κ1) is 13.5. The van der Waals surface area contributed by atoms with Gasteiger partial charge in [-0.3, -0.25) is 0 Å². The van der Waals surface area contributed by atoms with Crippen molar-refractivity contribution in [3.63, 3.8) is 0 Å². The van der Waals surface area contributed by atoms with E-state index >= 15 is 0 Å². The van der Waals surface area contributed by atoms with E-state index in [2.05, 4.69) is 37.8 Å². The van der Waals surface area contributed by atoms with Gasteiger partial charge in [-0.1, -0.05) is 39.0 Å². The monoisotopic (exact) mass is 309 g/mol. The van der Waals surface area contributed by atoms with Crippen LogP contribution >= 0.6 is 15.9 Å². The van der Waals surface area contributed by atoms with E-state index in [1.165, 1.54) is 38.5 Å². The normalized spacial score (nSPS) is 11.2. The van der Waals surface area contributed by atoms with Crippen LogP contribution in [0.4, 0.5) is 0 Å². The van der Waals surface area contributed by atoms with Crippen molar-refractivity contribution in [3.05, 3.63) is 22.6 Å². The first-order valence-corrected chi connectivity index (χ1v) is 7.59. The Morgan fingerprint density at radius 3 is 2.78 bits per heavy atom. The van der Waals surface area contributed by atoms with Gasteiger partial charge in [-0.15, -0.1) is 0 Å². The molecule has 0 aliphatic heterocycles. The molecule has 2 rings (SSSR count). The first-order valence-electron chi connectivity index (χ1n) is 6.79. The summed E-state index contributed by atoms with van der Waals surface area (Å²) in [6.07, 6.45) is 10.7. The van der Waals surface area contributed by atoms with Gasteiger partial charge >= 0.3 is 0 Å². The third kappa shape index (κ3) is 3.80. The number of rotatable bonds is 7. The molecule has 18 heavy (non-hydrogen) atoms. The molecular weight excluding hydrogens is 290 g/mol. The summed E-state index contributed by atoms with van der Waals surface area (Å²) in [5.74, 6) is 1.06. The Kier molecular flexibility index (Phi) is 5.17. The number of hydrogen-bond donors (Lipinski definition) is 1. The molecule has 3 nitrogen and oxygen atoms in total. The van der Waals surface area contributed by atoms with Gasteiger partial charge in [-0.2, -0.15) is 0 Å². The van der Waals surface area contributed by atoms with E-state index < -0.39 is 0 Å². The van der Waals surface area contributed by atoms with Gasteiger partial charge in [-0.25, -0.2) is 9.97 Å². The molecule has 98 valence electrons. The van der Waals surface area contributed by atoms with E-state index in [1.807, 2.05) is 6.07 Å². The summed E-state index contributed by atoms with van der Waals surface area (Å²) in [4.78, 5) is 12.1. The zero-order valence-corrected chi connectivity index (χ0v) is 12.5. The average molecular weight is 310 g/mol. The quantitative estimate of drug-likeness (QED) is 0.758. The molecular formula is C14H20BrN3. The molecule has 0 fully saturated rings. The number of halogens is 1. The molecule has 2 aromatic rings. The van der Waals surface area contributed by atoms with Crippen LogP contribution in [-0.2, 0) is 6.42 Å². The lowest BCUT2D eigenvalue weighted by Gasteiger charge is -1.98. The molecule has 2 heterocycles. The minimum atomic E-state index is 0.819. The zero-order chi connectivity index (χ0) is 12.8. The van der Waals surface area contributed by atoms with Gasteiger partial charge in [0.25, 0.3) is 0 Å². The molecule has 0 saturated carbocycles. The molecule has 0 radical (unpaired) electrons. The second-order valence-electron chi connectivity index (χ2n) is 4.73. The maximum Gasteiger partial charge on any atom is 0.177 e. The van der Waals surface area contributed by atoms with E-state index in [4.69, 9.17) is 0 Å². The van der Waals surface area contributed by atoms with Gasteiger partial charge in [0, 0.05) is 17.1 Å². The summed E-state index contributed by atoms with van der Waals surface area (Å²) in [6.45, 7) is 2.25. The van der Waals surface area contributed by atoms with Crippen molar-refractivity contribution >= 4 is 27.1 Å². The maximum atomic E-state index is 4.50. The van der Waals surface area contributed by atoms with Gasteiger partial charge < -0.3 is 4.98 Å². The van der Waals surface area contributed by atoms with Crippen LogP contribution in [0.15, 0.2) is 16.7 Å². The number of aryl methyl sites for hydroxylation is 1. The van der Waals surface area contributed by atoms with Crippen molar-refractivity contribution in [1.29, 1.82) is 0 Å². The molecule has 2 aromatic heterocycles. The highest BCUT2D eigenvalue weighted by molar-refractivity contribution is 9.10. The van der Waals surface area contributed by atoms with Crippen LogP contribution in [0.25, 0.3) is 11.2 Å². The predicted octanol–water partition coefficient (Wildman–Crippen LogP) is 4.62. The number of fused-ring (bicyclic) bond motifs is 1. The summed E-state index contributed by atoms with van der Waals surface area (Å²) in [6, 6.07) is 2.03. The van der Waals surface area contributed by atoms with Crippen molar-refractivity contribution in [2.75, 3.05) is 0 Å². The second kappa shape index (κ2) is 6.88. The molecule has 0 spiro atoms. The van der Waals surface area contributed by atoms with Gasteiger partial charge in [0.1, 0.15) is 5.82 Å². The number of hydrogen-bond acceptors (Lipinski definition) is 2. The fourth-order valence-electron chi connectivity index (χ4n) is 2.12. The van der Waals surface area contributed by atoms with Crippen LogP contribution in [0.5, 0.6) is 0 Å². The highest BCUT2D eigenvalue weighted by Gasteiger charge is 2.03. The minimum absolute atomic E-state index is 0.819. The Labute approximate surface area is 117 Å². The van der Waals surface area contributed by atoms with Crippen LogP contribution in [-0.4, -0.2) is 15.0 Å². The number of aromatic nitrogens is 3. The Balaban J connectivity index is 1.81. The van der Waals surface area contributed by atoms with Gasteiger partial charge in [-0.05, 0) is 28.4 Å². The van der Waals surface area contributed by atoms with Crippen LogP contribution in [0.2, 0.25) is 0 Å². The van der Waals surface area contributed by atoms with Crippen molar-refractivity contribution in [2.24, 2.45) is 0 Å². The Hall–Kier alpha value is -0.900. The lowest BCUT2D eigenvalue weighted by atomic mass is 10.1. The zero-order valence-electron chi connectivity index (χ0n) is 10.9. The third-order valence-electron chi connectivity index (χ3n) is 3.12. The summed E-state index contributed by atoms with van der Waals surface area (Å²) in [7, 11) is 0. The topological polar surface area (TPSA) is 41.6 Å². The standard InChI is InChI=1S/C14H20BrN3/c1-2-3-4-5-6-7-8-13-17-12-9-11(15)10-16-14(12)18-13/h9-10H,2-8H2,1H3,(H,16,17,18). The van der Waals surface area contributed by atoms with Crippen LogP contribution in [0.1, 0.15) is 51.3 Å². The van der Waals surface area contributed by atoms with Crippen molar-refractivity contribution in [2.45, 2.75) is 51.9 Å². The lowest BCUT2D eigenvalue weighted by Crippen LogP contribution is -1.88. The van der Waals surface area contributed by atoms with Crippen molar-refractivity contribution in [3.8, 4) is 0 Å². The molecule has 0 bridgehead atoms. The molecule has 4 heteroatoms. The van der Waals surface area contributed by atoms with E-state index in [1.54, 1.807) is 6.20 Å². The predicted molar refractivity (Wildman–Crippen MR) is 78.7 cm³/mol. The van der Waals surface area contributed by atoms with E-state index in [0.29, 0.717) is 0 Å². The maximum absolute atomic E-state index is 4.50. The second-order valence-corrected chi connectivity index (χ2v) is 5.64. The van der Waals surface area contributed by atoms with Gasteiger partial charge in [0.2, 0.25) is 0 Å².